The average Bonchev–Trinajstić information content (AvgIpc) is 3.62. The van der Waals surface area contributed by atoms with Crippen molar-refractivity contribution in [2.24, 2.45) is 0 Å². The van der Waals surface area contributed by atoms with Crippen LogP contribution >= 0.6 is 0 Å². The van der Waals surface area contributed by atoms with E-state index < -0.39 is 48.8 Å². The van der Waals surface area contributed by atoms with Gasteiger partial charge in [0.15, 0.2) is 6.10 Å². The lowest BCUT2D eigenvalue weighted by atomic mass is 9.86. The highest BCUT2D eigenvalue weighted by Crippen LogP contribution is 2.42. The van der Waals surface area contributed by atoms with Crippen LogP contribution < -0.4 is 5.32 Å². The van der Waals surface area contributed by atoms with Crippen molar-refractivity contribution < 1.29 is 40.2 Å². The molecule has 2 aliphatic heterocycles. The first-order chi connectivity index (χ1) is 17.9. The third-order valence-electron chi connectivity index (χ3n) is 7.60. The summed E-state index contributed by atoms with van der Waals surface area (Å²) >= 11 is 0. The molecule has 10 heteroatoms. The zero-order valence-corrected chi connectivity index (χ0v) is 20.9. The summed E-state index contributed by atoms with van der Waals surface area (Å²) < 4.78 is 11.7. The number of rotatable bonds is 7. The monoisotopic (exact) mass is 526 g/mol. The van der Waals surface area contributed by atoms with Gasteiger partial charge in [-0.1, -0.05) is 30.3 Å². The van der Waals surface area contributed by atoms with E-state index in [0.29, 0.717) is 36.4 Å². The number of carbonyl (C=O) groups excluding carboxylic acids is 1. The van der Waals surface area contributed by atoms with Gasteiger partial charge in [0.1, 0.15) is 24.4 Å². The standard InChI is InChI=1S/C28H32N2O7.H2O/c29-14-19-9-10-21(13-20(19)12-16-3-5-17(6-4-16)18-7-8-18)28(37-27(35)22-2-1-11-30-22)26(34)25(33)24(32)23(15-31)36-28;/h3-6,9-10,13,18,22-26,30-34H,1-2,7-8,11-12,15H2;1H2/t22-,23+,24+,25-,26+,28+;/m0./s1. The van der Waals surface area contributed by atoms with Crippen LogP contribution in [0.25, 0.3) is 0 Å². The summed E-state index contributed by atoms with van der Waals surface area (Å²) in [5, 5.41) is 54.7. The molecule has 6 atom stereocenters. The number of nitriles is 1. The predicted molar refractivity (Wildman–Crippen MR) is 135 cm³/mol. The molecule has 0 aromatic heterocycles. The second-order valence-corrected chi connectivity index (χ2v) is 10.2. The van der Waals surface area contributed by atoms with Crippen LogP contribution in [-0.4, -0.2) is 75.5 Å². The third-order valence-corrected chi connectivity index (χ3v) is 7.60. The summed E-state index contributed by atoms with van der Waals surface area (Å²) in [5.74, 6) is -2.26. The summed E-state index contributed by atoms with van der Waals surface area (Å²) in [7, 11) is 0. The van der Waals surface area contributed by atoms with E-state index in [-0.39, 0.29) is 11.0 Å². The number of esters is 1. The molecule has 0 radical (unpaired) electrons. The van der Waals surface area contributed by atoms with Crippen molar-refractivity contribution in [3.8, 4) is 6.07 Å². The average molecular weight is 527 g/mol. The zero-order valence-electron chi connectivity index (χ0n) is 20.9. The molecule has 0 unspecified atom stereocenters. The highest BCUT2D eigenvalue weighted by atomic mass is 16.7. The van der Waals surface area contributed by atoms with Gasteiger partial charge in [-0.15, -0.1) is 0 Å². The smallest absolute Gasteiger partial charge is 0.326 e. The molecule has 3 aliphatic rings. The largest absolute Gasteiger partial charge is 0.424 e. The number of aliphatic hydroxyl groups is 4. The minimum absolute atomic E-state index is 0. The Bertz CT molecular complexity index is 1170. The number of carbonyl (C=O) groups is 1. The van der Waals surface area contributed by atoms with Gasteiger partial charge in [-0.05, 0) is 73.4 Å². The Labute approximate surface area is 220 Å². The molecule has 3 fully saturated rings. The molecule has 1 aliphatic carbocycles. The molecule has 7 N–H and O–H groups in total. The minimum atomic E-state index is -2.20. The summed E-state index contributed by atoms with van der Waals surface area (Å²) in [6, 6.07) is 14.5. The summed E-state index contributed by atoms with van der Waals surface area (Å²) in [4.78, 5) is 13.1. The third kappa shape index (κ3) is 5.32. The van der Waals surface area contributed by atoms with Crippen LogP contribution in [0.1, 0.15) is 59.4 Å². The first-order valence-corrected chi connectivity index (χ1v) is 12.8. The number of ether oxygens (including phenoxy) is 2. The van der Waals surface area contributed by atoms with Crippen molar-refractivity contribution in [3.05, 3.63) is 70.3 Å². The van der Waals surface area contributed by atoms with Crippen molar-refractivity contribution in [2.75, 3.05) is 13.2 Å². The SMILES string of the molecule is N#Cc1ccc([C@]2(OC(=O)[C@@H]3CCCN3)O[C@H](CO)[C@@H](O)[C@H](O)[C@H]2O)cc1Cc1ccc(C2CC2)cc1.O. The van der Waals surface area contributed by atoms with Gasteiger partial charge in [-0.2, -0.15) is 5.26 Å². The normalized spacial score (nSPS) is 30.8. The van der Waals surface area contributed by atoms with E-state index in [2.05, 4.69) is 23.5 Å². The van der Waals surface area contributed by atoms with Gasteiger partial charge in [0.05, 0.1) is 18.2 Å². The number of benzene rings is 2. The fourth-order valence-electron chi connectivity index (χ4n) is 5.24. The fraction of sp³-hybridized carbons (Fsp3) is 0.500. The molecule has 0 bridgehead atoms. The van der Waals surface area contributed by atoms with Gasteiger partial charge >= 0.3 is 5.97 Å². The molecular formula is C28H34N2O8. The van der Waals surface area contributed by atoms with Gasteiger partial charge in [0, 0.05) is 5.56 Å². The highest BCUT2D eigenvalue weighted by Gasteiger charge is 2.58. The van der Waals surface area contributed by atoms with E-state index in [1.54, 1.807) is 12.1 Å². The van der Waals surface area contributed by atoms with Gasteiger partial charge in [-0.3, -0.25) is 4.79 Å². The highest BCUT2D eigenvalue weighted by molar-refractivity contribution is 5.76. The van der Waals surface area contributed by atoms with Crippen molar-refractivity contribution in [3.63, 3.8) is 0 Å². The number of aliphatic hydroxyl groups excluding tert-OH is 4. The molecule has 2 aromatic rings. The van der Waals surface area contributed by atoms with Gasteiger partial charge < -0.3 is 40.7 Å². The Morgan fingerprint density at radius 2 is 1.84 bits per heavy atom. The molecule has 0 spiro atoms. The van der Waals surface area contributed by atoms with Crippen LogP contribution in [0.15, 0.2) is 42.5 Å². The molecule has 2 aromatic carbocycles. The number of nitrogens with zero attached hydrogens (tertiary/aromatic N) is 1. The van der Waals surface area contributed by atoms with Gasteiger partial charge in [0.25, 0.3) is 5.79 Å². The molecule has 5 rings (SSSR count). The van der Waals surface area contributed by atoms with Crippen LogP contribution in [0, 0.1) is 11.3 Å². The molecule has 2 heterocycles. The zero-order chi connectivity index (χ0) is 26.2. The molecule has 204 valence electrons. The Hall–Kier alpha value is -2.88. The molecule has 1 saturated carbocycles. The molecule has 0 amide bonds. The quantitative estimate of drug-likeness (QED) is 0.313. The van der Waals surface area contributed by atoms with E-state index in [4.69, 9.17) is 9.47 Å². The lowest BCUT2D eigenvalue weighted by Crippen LogP contribution is -2.65. The number of hydrogen-bond acceptors (Lipinski definition) is 9. The van der Waals surface area contributed by atoms with Crippen LogP contribution in [0.2, 0.25) is 0 Å². The van der Waals surface area contributed by atoms with Gasteiger partial charge in [-0.25, -0.2) is 0 Å². The van der Waals surface area contributed by atoms with Crippen molar-refractivity contribution in [1.82, 2.24) is 5.32 Å². The van der Waals surface area contributed by atoms with E-state index in [1.807, 2.05) is 12.1 Å². The van der Waals surface area contributed by atoms with E-state index in [0.717, 1.165) is 12.0 Å². The maximum absolute atomic E-state index is 13.1. The first kappa shape index (κ1) is 28.1. The van der Waals surface area contributed by atoms with Crippen LogP contribution in [-0.2, 0) is 26.5 Å². The number of nitrogens with one attached hydrogen (secondary N) is 1. The lowest BCUT2D eigenvalue weighted by Gasteiger charge is -2.47. The predicted octanol–water partition coefficient (Wildman–Crippen LogP) is 0.124. The second-order valence-electron chi connectivity index (χ2n) is 10.2. The maximum atomic E-state index is 13.1. The summed E-state index contributed by atoms with van der Waals surface area (Å²) in [6.07, 6.45) is -2.41. The van der Waals surface area contributed by atoms with Crippen molar-refractivity contribution in [2.45, 2.75) is 74.3 Å². The maximum Gasteiger partial charge on any atom is 0.326 e. The Morgan fingerprint density at radius 3 is 2.45 bits per heavy atom. The van der Waals surface area contributed by atoms with Crippen LogP contribution in [0.3, 0.4) is 0 Å². The molecule has 10 nitrogen and oxygen atoms in total. The van der Waals surface area contributed by atoms with Crippen LogP contribution in [0.5, 0.6) is 0 Å². The Morgan fingerprint density at radius 1 is 1.11 bits per heavy atom. The second kappa shape index (κ2) is 11.5. The Balaban J connectivity index is 0.00000336. The van der Waals surface area contributed by atoms with Crippen LogP contribution in [0.4, 0.5) is 0 Å². The first-order valence-electron chi connectivity index (χ1n) is 12.8. The van der Waals surface area contributed by atoms with E-state index >= 15 is 0 Å². The topological polar surface area (TPSA) is 184 Å². The minimum Gasteiger partial charge on any atom is -0.424 e. The molecular weight excluding hydrogens is 492 g/mol. The summed E-state index contributed by atoms with van der Waals surface area (Å²) in [5.41, 5.74) is 3.49. The van der Waals surface area contributed by atoms with E-state index in [9.17, 15) is 30.5 Å². The summed E-state index contributed by atoms with van der Waals surface area (Å²) in [6.45, 7) is -0.0419. The van der Waals surface area contributed by atoms with E-state index in [1.165, 1.54) is 24.5 Å². The Kier molecular flexibility index (Phi) is 8.49. The lowest BCUT2D eigenvalue weighted by molar-refractivity contribution is -0.360. The van der Waals surface area contributed by atoms with Crippen molar-refractivity contribution >= 4 is 5.97 Å². The molecule has 2 saturated heterocycles. The van der Waals surface area contributed by atoms with Crippen molar-refractivity contribution in [1.29, 1.82) is 5.26 Å². The fourth-order valence-corrected chi connectivity index (χ4v) is 5.24. The number of hydrogen-bond donors (Lipinski definition) is 5. The molecule has 38 heavy (non-hydrogen) atoms. The van der Waals surface area contributed by atoms with Gasteiger partial charge in [0.2, 0.25) is 0 Å².